The molecule has 2 aromatic heterocycles. The largest absolute Gasteiger partial charge is 0.508 e. The minimum absolute atomic E-state index is 0. The van der Waals surface area contributed by atoms with Crippen LogP contribution in [0.5, 0.6) is 5.75 Å². The number of nitrogens with zero attached hydrogens (tertiary/aromatic N) is 4. The molecule has 6 rings (SSSR count). The van der Waals surface area contributed by atoms with Gasteiger partial charge in [-0.15, -0.1) is 29.3 Å². The topological polar surface area (TPSA) is 55.3 Å². The van der Waals surface area contributed by atoms with Crippen molar-refractivity contribution in [3.8, 4) is 45.2 Å². The molecular formula is C43H43N4OPt-. The Labute approximate surface area is 317 Å². The van der Waals surface area contributed by atoms with E-state index >= 15 is 0 Å². The number of para-hydroxylation sites is 2. The summed E-state index contributed by atoms with van der Waals surface area (Å²) in [6.45, 7) is 9.46. The molecule has 0 spiro atoms. The number of imidazole rings is 1. The number of aromatic hydroxyl groups is 1. The van der Waals surface area contributed by atoms with Gasteiger partial charge in [0, 0.05) is 56.5 Å². The fourth-order valence-electron chi connectivity index (χ4n) is 6.16. The molecule has 0 aliphatic heterocycles. The zero-order chi connectivity index (χ0) is 42.1. The van der Waals surface area contributed by atoms with E-state index < -0.39 is 42.4 Å². The molecule has 0 aliphatic rings. The summed E-state index contributed by atoms with van der Waals surface area (Å²) in [6.07, 6.45) is 1.51. The second kappa shape index (κ2) is 13.1. The van der Waals surface area contributed by atoms with Crippen molar-refractivity contribution in [2.24, 2.45) is 0 Å². The molecule has 5 nitrogen and oxygen atoms in total. The standard InChI is InChI=1S/C43H43N4O.Pt/c1-41(2,3)29-24-27(23-28(25-29)34-20-14-15-22-45-34)31-19-16-21-35-37(31)46-40(47(35)30-17-12-11-13-18-30)32-26-33(42(4,5)6)38(44-10)36(39(32)48)43(7,8)9;/h11-22,24-26,48H,1-9H3;/q-1;/i1D3,2D3,3D3;. The Morgan fingerprint density at radius 2 is 1.49 bits per heavy atom. The van der Waals surface area contributed by atoms with Crippen LogP contribution in [0.3, 0.4) is 0 Å². The van der Waals surface area contributed by atoms with E-state index in [0.29, 0.717) is 50.6 Å². The van der Waals surface area contributed by atoms with Crippen LogP contribution in [0.15, 0.2) is 91.1 Å². The maximum Gasteiger partial charge on any atom is 0.198 e. The third kappa shape index (κ3) is 6.72. The van der Waals surface area contributed by atoms with Crippen molar-refractivity contribution < 1.29 is 38.5 Å². The van der Waals surface area contributed by atoms with E-state index in [9.17, 15) is 5.11 Å². The monoisotopic (exact) mass is 835 g/mol. The summed E-state index contributed by atoms with van der Waals surface area (Å²) in [5.74, 6) is 0.246. The summed E-state index contributed by atoms with van der Waals surface area (Å²) < 4.78 is 78.3. The van der Waals surface area contributed by atoms with Crippen molar-refractivity contribution in [3.63, 3.8) is 0 Å². The first-order valence-corrected chi connectivity index (χ1v) is 15.7. The third-order valence-corrected chi connectivity index (χ3v) is 8.42. The molecule has 6 heteroatoms. The van der Waals surface area contributed by atoms with Crippen LogP contribution in [0.25, 0.3) is 55.3 Å². The van der Waals surface area contributed by atoms with Crippen LogP contribution >= 0.6 is 0 Å². The fraction of sp³-hybridized carbons (Fsp3) is 0.279. The minimum atomic E-state index is -3.51. The third-order valence-electron chi connectivity index (χ3n) is 8.42. The van der Waals surface area contributed by atoms with Crippen molar-refractivity contribution in [1.29, 1.82) is 0 Å². The molecule has 2 heterocycles. The Morgan fingerprint density at radius 1 is 0.796 bits per heavy atom. The maximum absolute atomic E-state index is 12.2. The van der Waals surface area contributed by atoms with E-state index in [1.807, 2.05) is 88.6 Å². The normalized spacial score (nSPS) is 15.6. The molecule has 6 aromatic rings. The van der Waals surface area contributed by atoms with Crippen molar-refractivity contribution in [2.75, 3.05) is 0 Å². The molecule has 0 unspecified atom stereocenters. The Balaban J connectivity index is 0.00000641. The number of rotatable bonds is 4. The molecule has 0 atom stereocenters. The van der Waals surface area contributed by atoms with Crippen molar-refractivity contribution in [1.82, 2.24) is 14.5 Å². The minimum Gasteiger partial charge on any atom is -0.508 e. The second-order valence-electron chi connectivity index (χ2n) is 14.1. The molecule has 0 bridgehead atoms. The summed E-state index contributed by atoms with van der Waals surface area (Å²) in [4.78, 5) is 13.5. The van der Waals surface area contributed by atoms with E-state index in [4.69, 9.17) is 23.9 Å². The zero-order valence-corrected chi connectivity index (χ0v) is 30.5. The van der Waals surface area contributed by atoms with Gasteiger partial charge in [0.05, 0.1) is 23.2 Å². The van der Waals surface area contributed by atoms with Gasteiger partial charge < -0.3 is 5.11 Å². The van der Waals surface area contributed by atoms with E-state index in [0.717, 1.165) is 5.56 Å². The van der Waals surface area contributed by atoms with Gasteiger partial charge in [0.15, 0.2) is 5.69 Å². The molecule has 0 saturated carbocycles. The summed E-state index contributed by atoms with van der Waals surface area (Å²) in [5.41, 5.74) is -0.236. The van der Waals surface area contributed by atoms with E-state index in [1.54, 1.807) is 30.3 Å². The first kappa shape index (κ1) is 25.4. The predicted molar refractivity (Wildman–Crippen MR) is 198 cm³/mol. The van der Waals surface area contributed by atoms with Gasteiger partial charge in [-0.2, -0.15) is 0 Å². The van der Waals surface area contributed by atoms with Gasteiger partial charge in [-0.1, -0.05) is 122 Å². The number of phenolic OH excluding ortho intramolecular Hbond substituents is 1. The summed E-state index contributed by atoms with van der Waals surface area (Å²) in [6, 6.07) is 27.3. The van der Waals surface area contributed by atoms with Crippen LogP contribution in [0.4, 0.5) is 5.69 Å². The number of hydrogen-bond donors (Lipinski definition) is 1. The molecule has 1 N–H and O–H groups in total. The molecule has 0 aliphatic carbocycles. The number of fused-ring (bicyclic) bond motifs is 1. The van der Waals surface area contributed by atoms with Gasteiger partial charge in [-0.3, -0.25) is 9.55 Å². The Morgan fingerprint density at radius 3 is 2.10 bits per heavy atom. The Kier molecular flexibility index (Phi) is 6.79. The Hall–Kier alpha value is -4.52. The first-order valence-electron chi connectivity index (χ1n) is 20.2. The zero-order valence-electron chi connectivity index (χ0n) is 37.2. The van der Waals surface area contributed by atoms with Gasteiger partial charge in [0.1, 0.15) is 11.6 Å². The van der Waals surface area contributed by atoms with Gasteiger partial charge >= 0.3 is 0 Å². The van der Waals surface area contributed by atoms with E-state index in [-0.39, 0.29) is 37.9 Å². The first-order chi connectivity index (χ1) is 26.3. The molecule has 0 amide bonds. The maximum atomic E-state index is 12.2. The summed E-state index contributed by atoms with van der Waals surface area (Å²) in [5, 5.41) is 12.2. The predicted octanol–water partition coefficient (Wildman–Crippen LogP) is 11.4. The van der Waals surface area contributed by atoms with E-state index in [2.05, 4.69) is 15.9 Å². The number of aromatic nitrogens is 3. The molecule has 4 aromatic carbocycles. The van der Waals surface area contributed by atoms with Crippen LogP contribution < -0.4 is 0 Å². The number of hydrogen-bond acceptors (Lipinski definition) is 3. The molecular weight excluding hydrogens is 784 g/mol. The number of benzene rings is 4. The van der Waals surface area contributed by atoms with Crippen LogP contribution in [0.2, 0.25) is 0 Å². The van der Waals surface area contributed by atoms with Crippen LogP contribution in [-0.4, -0.2) is 19.6 Å². The average Bonchev–Trinajstić information content (AvgIpc) is 3.48. The molecule has 0 saturated heterocycles. The molecule has 0 fully saturated rings. The van der Waals surface area contributed by atoms with Gasteiger partial charge in [-0.25, -0.2) is 9.83 Å². The second-order valence-corrected chi connectivity index (χ2v) is 14.1. The van der Waals surface area contributed by atoms with Crippen molar-refractivity contribution >= 4 is 16.7 Å². The quantitative estimate of drug-likeness (QED) is 0.180. The van der Waals surface area contributed by atoms with Gasteiger partial charge in [0.25, 0.3) is 0 Å². The fourth-order valence-corrected chi connectivity index (χ4v) is 6.16. The van der Waals surface area contributed by atoms with Gasteiger partial charge in [0.2, 0.25) is 0 Å². The molecule has 0 radical (unpaired) electrons. The van der Waals surface area contributed by atoms with Crippen LogP contribution in [0.1, 0.15) is 91.1 Å². The van der Waals surface area contributed by atoms with Crippen molar-refractivity contribution in [2.45, 2.75) is 78.3 Å². The average molecular weight is 836 g/mol. The summed E-state index contributed by atoms with van der Waals surface area (Å²) in [7, 11) is 0. The van der Waals surface area contributed by atoms with E-state index in [1.165, 1.54) is 18.3 Å². The van der Waals surface area contributed by atoms with Crippen LogP contribution in [-0.2, 0) is 37.3 Å². The smallest absolute Gasteiger partial charge is 0.198 e. The number of pyridine rings is 1. The van der Waals surface area contributed by atoms with Gasteiger partial charge in [-0.05, 0) is 46.1 Å². The summed E-state index contributed by atoms with van der Waals surface area (Å²) >= 11 is 0. The SMILES string of the molecule is [2H]C([2H])([2H])C(c1cc(-c2ccccn2)[c-]c(-c2cccc3c2nc(-c2cc(C(C)(C)C)c([N+]#[C-])c(C(C)(C)C)c2O)n3-c2ccccc2)c1)(C([2H])([2H])[2H])C([2H])([2H])[2H].[Pt]. The number of phenols is 1. The Bertz CT molecular complexity index is 2490. The van der Waals surface area contributed by atoms with Crippen LogP contribution in [0, 0.1) is 12.6 Å². The molecule has 49 heavy (non-hydrogen) atoms. The van der Waals surface area contributed by atoms with Crippen molar-refractivity contribution in [3.05, 3.63) is 125 Å². The molecule has 252 valence electrons.